The molecule has 1 heterocycles. The van der Waals surface area contributed by atoms with Gasteiger partial charge in [0.15, 0.2) is 0 Å². The Hall–Kier alpha value is -1.35. The molecule has 1 aliphatic heterocycles. The molecule has 1 aromatic carbocycles. The average molecular weight is 204 g/mol. The number of carbonyl (C=O) groups is 1. The summed E-state index contributed by atoms with van der Waals surface area (Å²) in [6.07, 6.45) is 0. The average Bonchev–Trinajstić information content (AvgIpc) is 2.61. The fourth-order valence-electron chi connectivity index (χ4n) is 1.87. The second kappa shape index (κ2) is 4.03. The summed E-state index contributed by atoms with van der Waals surface area (Å²) >= 11 is 0. The molecule has 1 amide bonds. The SMILES string of the molecule is CC(C)C1NCN(c2ccccc2)C1=O. The molecule has 0 saturated carbocycles. The molecule has 3 heteroatoms. The lowest BCUT2D eigenvalue weighted by Gasteiger charge is -2.16. The monoisotopic (exact) mass is 204 g/mol. The number of amides is 1. The predicted octanol–water partition coefficient (Wildman–Crippen LogP) is 1.60. The zero-order chi connectivity index (χ0) is 10.8. The Morgan fingerprint density at radius 2 is 2.00 bits per heavy atom. The van der Waals surface area contributed by atoms with Crippen LogP contribution in [0.15, 0.2) is 30.3 Å². The van der Waals surface area contributed by atoms with Crippen LogP contribution in [0.3, 0.4) is 0 Å². The quantitative estimate of drug-likeness (QED) is 0.793. The van der Waals surface area contributed by atoms with E-state index < -0.39 is 0 Å². The molecule has 1 unspecified atom stereocenters. The first-order chi connectivity index (χ1) is 7.20. The van der Waals surface area contributed by atoms with Crippen LogP contribution in [0.2, 0.25) is 0 Å². The van der Waals surface area contributed by atoms with Gasteiger partial charge in [0, 0.05) is 5.69 Å². The largest absolute Gasteiger partial charge is 0.298 e. The van der Waals surface area contributed by atoms with Crippen LogP contribution in [0.1, 0.15) is 13.8 Å². The smallest absolute Gasteiger partial charge is 0.245 e. The highest BCUT2D eigenvalue weighted by Gasteiger charge is 2.33. The van der Waals surface area contributed by atoms with Crippen LogP contribution in [0, 0.1) is 5.92 Å². The van der Waals surface area contributed by atoms with Crippen molar-refractivity contribution in [1.29, 1.82) is 0 Å². The number of hydrogen-bond donors (Lipinski definition) is 1. The molecule has 1 aliphatic rings. The molecular formula is C12H16N2O. The minimum Gasteiger partial charge on any atom is -0.298 e. The van der Waals surface area contributed by atoms with E-state index in [0.29, 0.717) is 12.6 Å². The maximum Gasteiger partial charge on any atom is 0.245 e. The van der Waals surface area contributed by atoms with Gasteiger partial charge in [-0.15, -0.1) is 0 Å². The molecule has 0 spiro atoms. The Labute approximate surface area is 90.1 Å². The summed E-state index contributed by atoms with van der Waals surface area (Å²) in [5, 5.41) is 3.23. The van der Waals surface area contributed by atoms with Crippen LogP contribution in [-0.2, 0) is 4.79 Å². The number of benzene rings is 1. The molecule has 80 valence electrons. The van der Waals surface area contributed by atoms with Crippen molar-refractivity contribution in [3.05, 3.63) is 30.3 Å². The topological polar surface area (TPSA) is 32.3 Å². The van der Waals surface area contributed by atoms with Crippen molar-refractivity contribution in [3.63, 3.8) is 0 Å². The van der Waals surface area contributed by atoms with Crippen LogP contribution < -0.4 is 10.2 Å². The summed E-state index contributed by atoms with van der Waals surface area (Å²) in [4.78, 5) is 13.8. The van der Waals surface area contributed by atoms with Gasteiger partial charge in [0.05, 0.1) is 12.7 Å². The Kier molecular flexibility index (Phi) is 2.73. The number of carbonyl (C=O) groups excluding carboxylic acids is 1. The van der Waals surface area contributed by atoms with Crippen LogP contribution in [0.5, 0.6) is 0 Å². The van der Waals surface area contributed by atoms with Gasteiger partial charge >= 0.3 is 0 Å². The van der Waals surface area contributed by atoms with E-state index in [1.165, 1.54) is 0 Å². The summed E-state index contributed by atoms with van der Waals surface area (Å²) < 4.78 is 0. The second-order valence-corrected chi connectivity index (χ2v) is 4.19. The predicted molar refractivity (Wildman–Crippen MR) is 60.6 cm³/mol. The van der Waals surface area contributed by atoms with E-state index in [4.69, 9.17) is 0 Å². The lowest BCUT2D eigenvalue weighted by Crippen LogP contribution is -2.34. The summed E-state index contributed by atoms with van der Waals surface area (Å²) in [5.74, 6) is 0.516. The van der Waals surface area contributed by atoms with Gasteiger partial charge in [0.1, 0.15) is 0 Å². The van der Waals surface area contributed by atoms with Crippen LogP contribution in [-0.4, -0.2) is 18.6 Å². The van der Waals surface area contributed by atoms with E-state index in [1.807, 2.05) is 30.3 Å². The van der Waals surface area contributed by atoms with Crippen molar-refractivity contribution in [2.75, 3.05) is 11.6 Å². The van der Waals surface area contributed by atoms with Gasteiger partial charge in [-0.05, 0) is 18.1 Å². The van der Waals surface area contributed by atoms with Gasteiger partial charge < -0.3 is 0 Å². The van der Waals surface area contributed by atoms with Crippen molar-refractivity contribution in [2.24, 2.45) is 5.92 Å². The van der Waals surface area contributed by atoms with E-state index in [-0.39, 0.29) is 11.9 Å². The van der Waals surface area contributed by atoms with Crippen molar-refractivity contribution in [2.45, 2.75) is 19.9 Å². The molecule has 1 N–H and O–H groups in total. The van der Waals surface area contributed by atoms with Gasteiger partial charge in [0.25, 0.3) is 0 Å². The number of nitrogens with one attached hydrogen (secondary N) is 1. The van der Waals surface area contributed by atoms with Crippen LogP contribution in [0.4, 0.5) is 5.69 Å². The van der Waals surface area contributed by atoms with Gasteiger partial charge in [-0.1, -0.05) is 32.0 Å². The maximum absolute atomic E-state index is 12.0. The Morgan fingerprint density at radius 3 is 2.53 bits per heavy atom. The Bertz CT molecular complexity index is 348. The van der Waals surface area contributed by atoms with Crippen LogP contribution >= 0.6 is 0 Å². The van der Waals surface area contributed by atoms with Gasteiger partial charge in [-0.2, -0.15) is 0 Å². The molecule has 2 rings (SSSR count). The van der Waals surface area contributed by atoms with Gasteiger partial charge in [-0.3, -0.25) is 15.0 Å². The number of anilines is 1. The Balaban J connectivity index is 2.18. The Morgan fingerprint density at radius 1 is 1.33 bits per heavy atom. The molecule has 3 nitrogen and oxygen atoms in total. The highest BCUT2D eigenvalue weighted by Crippen LogP contribution is 2.19. The summed E-state index contributed by atoms with van der Waals surface area (Å²) in [6.45, 7) is 4.74. The molecule has 1 atom stereocenters. The highest BCUT2D eigenvalue weighted by molar-refractivity contribution is 5.99. The number of hydrogen-bond acceptors (Lipinski definition) is 2. The second-order valence-electron chi connectivity index (χ2n) is 4.19. The molecule has 1 saturated heterocycles. The molecular weight excluding hydrogens is 188 g/mol. The van der Waals surface area contributed by atoms with Crippen molar-refractivity contribution < 1.29 is 4.79 Å². The maximum atomic E-state index is 12.0. The van der Waals surface area contributed by atoms with Crippen molar-refractivity contribution in [1.82, 2.24) is 5.32 Å². The first kappa shape index (κ1) is 10.2. The zero-order valence-electron chi connectivity index (χ0n) is 9.10. The number of rotatable bonds is 2. The van der Waals surface area contributed by atoms with E-state index in [0.717, 1.165) is 5.69 Å². The molecule has 0 aliphatic carbocycles. The summed E-state index contributed by atoms with van der Waals surface area (Å²) in [5.41, 5.74) is 0.971. The van der Waals surface area contributed by atoms with Gasteiger partial charge in [-0.25, -0.2) is 0 Å². The molecule has 1 fully saturated rings. The van der Waals surface area contributed by atoms with Gasteiger partial charge in [0.2, 0.25) is 5.91 Å². The third-order valence-electron chi connectivity index (χ3n) is 2.74. The van der Waals surface area contributed by atoms with E-state index >= 15 is 0 Å². The standard InChI is InChI=1S/C12H16N2O/c1-9(2)11-12(15)14(8-13-11)10-6-4-3-5-7-10/h3-7,9,11,13H,8H2,1-2H3. The molecule has 1 aromatic rings. The highest BCUT2D eigenvalue weighted by atomic mass is 16.2. The third kappa shape index (κ3) is 1.88. The van der Waals surface area contributed by atoms with E-state index in [2.05, 4.69) is 19.2 Å². The number of nitrogens with zero attached hydrogens (tertiary/aromatic N) is 1. The first-order valence-corrected chi connectivity index (χ1v) is 5.30. The first-order valence-electron chi connectivity index (χ1n) is 5.30. The normalized spacial score (nSPS) is 21.4. The van der Waals surface area contributed by atoms with E-state index in [9.17, 15) is 4.79 Å². The fraction of sp³-hybridized carbons (Fsp3) is 0.417. The number of para-hydroxylation sites is 1. The summed E-state index contributed by atoms with van der Waals surface area (Å²) in [6, 6.07) is 9.74. The lowest BCUT2D eigenvalue weighted by atomic mass is 10.1. The fourth-order valence-corrected chi connectivity index (χ4v) is 1.87. The third-order valence-corrected chi connectivity index (χ3v) is 2.74. The molecule has 15 heavy (non-hydrogen) atoms. The zero-order valence-corrected chi connectivity index (χ0v) is 9.10. The lowest BCUT2D eigenvalue weighted by molar-refractivity contribution is -0.119. The van der Waals surface area contributed by atoms with Crippen molar-refractivity contribution in [3.8, 4) is 0 Å². The minimum atomic E-state index is -0.0368. The van der Waals surface area contributed by atoms with Crippen molar-refractivity contribution >= 4 is 11.6 Å². The summed E-state index contributed by atoms with van der Waals surface area (Å²) in [7, 11) is 0. The van der Waals surface area contributed by atoms with Crippen LogP contribution in [0.25, 0.3) is 0 Å². The molecule has 0 radical (unpaired) electrons. The molecule has 0 aromatic heterocycles. The molecule has 0 bridgehead atoms. The van der Waals surface area contributed by atoms with E-state index in [1.54, 1.807) is 4.90 Å². The minimum absolute atomic E-state index is 0.0368.